The monoisotopic (exact) mass is 432 g/mol. The fraction of sp³-hybridized carbons (Fsp3) is 0.364. The van der Waals surface area contributed by atoms with Crippen molar-refractivity contribution in [2.24, 2.45) is 0 Å². The molecule has 0 radical (unpaired) electrons. The molecule has 7 nitrogen and oxygen atoms in total. The van der Waals surface area contributed by atoms with Crippen LogP contribution in [0.3, 0.4) is 0 Å². The van der Waals surface area contributed by atoms with Crippen molar-refractivity contribution in [2.75, 3.05) is 36.5 Å². The van der Waals surface area contributed by atoms with Crippen LogP contribution >= 0.6 is 11.6 Å². The van der Waals surface area contributed by atoms with Crippen molar-refractivity contribution < 1.29 is 23.8 Å². The molecule has 0 bridgehead atoms. The molecule has 1 N–H and O–H groups in total. The lowest BCUT2D eigenvalue weighted by Gasteiger charge is -2.29. The Hall–Kier alpha value is -2.77. The number of carbonyl (C=O) groups excluding carboxylic acids is 2. The first-order valence-electron chi connectivity index (χ1n) is 9.79. The lowest BCUT2D eigenvalue weighted by molar-refractivity contribution is -0.159. The number of hydrogen-bond donors (Lipinski definition) is 1. The number of nitrogens with one attached hydrogen (secondary N) is 1. The van der Waals surface area contributed by atoms with Crippen LogP contribution in [0.4, 0.5) is 11.4 Å². The molecule has 2 aromatic rings. The Morgan fingerprint density at radius 2 is 1.63 bits per heavy atom. The summed E-state index contributed by atoms with van der Waals surface area (Å²) in [6.45, 7) is 6.18. The highest BCUT2D eigenvalue weighted by Gasteiger charge is 2.23. The second kappa shape index (κ2) is 10.3. The summed E-state index contributed by atoms with van der Waals surface area (Å²) >= 11 is 5.83. The molecule has 0 aliphatic carbocycles. The number of ether oxygens (including phenoxy) is 3. The van der Waals surface area contributed by atoms with E-state index in [-0.39, 0.29) is 0 Å². The minimum Gasteiger partial charge on any atom is -0.479 e. The summed E-state index contributed by atoms with van der Waals surface area (Å²) < 4.78 is 16.1. The molecule has 160 valence electrons. The summed E-state index contributed by atoms with van der Waals surface area (Å²) in [7, 11) is 0. The van der Waals surface area contributed by atoms with Crippen LogP contribution in [0, 0.1) is 0 Å². The molecule has 3 rings (SSSR count). The predicted molar refractivity (Wildman–Crippen MR) is 115 cm³/mol. The van der Waals surface area contributed by atoms with Gasteiger partial charge in [-0.1, -0.05) is 11.6 Å². The van der Waals surface area contributed by atoms with Crippen LogP contribution in [0.1, 0.15) is 13.8 Å². The van der Waals surface area contributed by atoms with Gasteiger partial charge < -0.3 is 24.4 Å². The van der Waals surface area contributed by atoms with Gasteiger partial charge in [-0.15, -0.1) is 0 Å². The zero-order valence-electron chi connectivity index (χ0n) is 17.0. The van der Waals surface area contributed by atoms with Crippen LogP contribution in [0.15, 0.2) is 48.5 Å². The second-order valence-corrected chi connectivity index (χ2v) is 7.37. The lowest BCUT2D eigenvalue weighted by Crippen LogP contribution is -2.36. The molecule has 2 atom stereocenters. The quantitative estimate of drug-likeness (QED) is 0.674. The molecular weight excluding hydrogens is 408 g/mol. The van der Waals surface area contributed by atoms with Crippen LogP contribution < -0.4 is 15.0 Å². The zero-order chi connectivity index (χ0) is 21.5. The Morgan fingerprint density at radius 3 is 2.27 bits per heavy atom. The molecule has 1 fully saturated rings. The van der Waals surface area contributed by atoms with E-state index in [1.165, 1.54) is 6.92 Å². The van der Waals surface area contributed by atoms with Gasteiger partial charge in [0.25, 0.3) is 5.91 Å². The highest BCUT2D eigenvalue weighted by molar-refractivity contribution is 6.30. The second-order valence-electron chi connectivity index (χ2n) is 6.93. The topological polar surface area (TPSA) is 77.1 Å². The molecule has 0 saturated carbocycles. The van der Waals surface area contributed by atoms with Crippen LogP contribution in [0.2, 0.25) is 5.02 Å². The predicted octanol–water partition coefficient (Wildman–Crippen LogP) is 3.51. The van der Waals surface area contributed by atoms with E-state index in [4.69, 9.17) is 25.8 Å². The maximum Gasteiger partial charge on any atom is 0.347 e. The minimum atomic E-state index is -0.965. The van der Waals surface area contributed by atoms with Crippen molar-refractivity contribution in [3.05, 3.63) is 53.6 Å². The summed E-state index contributed by atoms with van der Waals surface area (Å²) in [6, 6.07) is 14.2. The highest BCUT2D eigenvalue weighted by Crippen LogP contribution is 2.20. The van der Waals surface area contributed by atoms with Crippen LogP contribution in [-0.2, 0) is 19.1 Å². The van der Waals surface area contributed by atoms with Gasteiger partial charge >= 0.3 is 5.97 Å². The van der Waals surface area contributed by atoms with Crippen molar-refractivity contribution in [2.45, 2.75) is 26.1 Å². The molecule has 0 spiro atoms. The first-order valence-corrected chi connectivity index (χ1v) is 10.2. The Balaban J connectivity index is 1.48. The van der Waals surface area contributed by atoms with Gasteiger partial charge in [0.05, 0.1) is 13.2 Å². The van der Waals surface area contributed by atoms with Gasteiger partial charge in [-0.2, -0.15) is 0 Å². The molecule has 1 amide bonds. The lowest BCUT2D eigenvalue weighted by atomic mass is 10.2. The third kappa shape index (κ3) is 6.11. The molecule has 1 heterocycles. The molecule has 0 aromatic heterocycles. The fourth-order valence-corrected chi connectivity index (χ4v) is 3.04. The standard InChI is InChI=1S/C22H25ClN2O5/c1-15(30-22(27)16(2)29-20-9-3-17(23)4-10-20)21(26)24-18-5-7-19(8-6-18)25-11-13-28-14-12-25/h3-10,15-16H,11-14H2,1-2H3,(H,24,26). The molecule has 1 aliphatic rings. The normalized spacial score (nSPS) is 15.8. The average molecular weight is 433 g/mol. The molecule has 8 heteroatoms. The Bertz CT molecular complexity index is 851. The van der Waals surface area contributed by atoms with Crippen molar-refractivity contribution in [1.29, 1.82) is 0 Å². The van der Waals surface area contributed by atoms with Crippen molar-refractivity contribution in [3.8, 4) is 5.75 Å². The SMILES string of the molecule is CC(OC(=O)C(C)Oc1ccc(Cl)cc1)C(=O)Nc1ccc(N2CCOCC2)cc1. The first-order chi connectivity index (χ1) is 14.4. The van der Waals surface area contributed by atoms with Crippen molar-refractivity contribution >= 4 is 34.9 Å². The summed E-state index contributed by atoms with van der Waals surface area (Å²) in [5, 5.41) is 3.33. The number of morpholine rings is 1. The van der Waals surface area contributed by atoms with Gasteiger partial charge in [-0.25, -0.2) is 4.79 Å². The van der Waals surface area contributed by atoms with Gasteiger partial charge in [0.15, 0.2) is 12.2 Å². The van der Waals surface area contributed by atoms with Gasteiger partial charge in [-0.3, -0.25) is 4.79 Å². The van der Waals surface area contributed by atoms with E-state index in [0.29, 0.717) is 29.7 Å². The number of carbonyl (C=O) groups is 2. The number of benzene rings is 2. The first kappa shape index (κ1) is 21.9. The largest absolute Gasteiger partial charge is 0.479 e. The molecule has 2 unspecified atom stereocenters. The van der Waals surface area contributed by atoms with Gasteiger partial charge in [0.2, 0.25) is 0 Å². The number of hydrogen-bond acceptors (Lipinski definition) is 6. The molecule has 1 aliphatic heterocycles. The van der Waals surface area contributed by atoms with Gasteiger partial charge in [0, 0.05) is 29.5 Å². The van der Waals surface area contributed by atoms with E-state index < -0.39 is 24.1 Å². The Labute approximate surface area is 180 Å². The number of rotatable bonds is 7. The number of esters is 1. The van der Waals surface area contributed by atoms with E-state index in [1.807, 2.05) is 24.3 Å². The third-order valence-corrected chi connectivity index (χ3v) is 4.88. The van der Waals surface area contributed by atoms with E-state index in [2.05, 4.69) is 10.2 Å². The number of anilines is 2. The third-order valence-electron chi connectivity index (χ3n) is 4.63. The number of nitrogens with zero attached hydrogens (tertiary/aromatic N) is 1. The summed E-state index contributed by atoms with van der Waals surface area (Å²) in [4.78, 5) is 26.8. The van der Waals surface area contributed by atoms with E-state index in [1.54, 1.807) is 31.2 Å². The molecule has 30 heavy (non-hydrogen) atoms. The smallest absolute Gasteiger partial charge is 0.347 e. The molecule has 1 saturated heterocycles. The van der Waals surface area contributed by atoms with E-state index in [0.717, 1.165) is 18.8 Å². The van der Waals surface area contributed by atoms with Gasteiger partial charge in [0.1, 0.15) is 5.75 Å². The van der Waals surface area contributed by atoms with E-state index >= 15 is 0 Å². The van der Waals surface area contributed by atoms with E-state index in [9.17, 15) is 9.59 Å². The molecule has 2 aromatic carbocycles. The Morgan fingerprint density at radius 1 is 1.00 bits per heavy atom. The summed E-state index contributed by atoms with van der Waals surface area (Å²) in [5.74, 6) is -0.558. The zero-order valence-corrected chi connectivity index (χ0v) is 17.7. The van der Waals surface area contributed by atoms with Crippen LogP contribution in [0.25, 0.3) is 0 Å². The fourth-order valence-electron chi connectivity index (χ4n) is 2.91. The van der Waals surface area contributed by atoms with Crippen molar-refractivity contribution in [1.82, 2.24) is 0 Å². The summed E-state index contributed by atoms with van der Waals surface area (Å²) in [6.07, 6.45) is -1.83. The Kier molecular flexibility index (Phi) is 7.54. The van der Waals surface area contributed by atoms with Crippen molar-refractivity contribution in [3.63, 3.8) is 0 Å². The average Bonchev–Trinajstić information content (AvgIpc) is 2.76. The number of halogens is 1. The number of amides is 1. The highest BCUT2D eigenvalue weighted by atomic mass is 35.5. The minimum absolute atomic E-state index is 0.416. The van der Waals surface area contributed by atoms with Crippen LogP contribution in [0.5, 0.6) is 5.75 Å². The summed E-state index contributed by atoms with van der Waals surface area (Å²) in [5.41, 5.74) is 1.70. The maximum absolute atomic E-state index is 12.4. The van der Waals surface area contributed by atoms with Gasteiger partial charge in [-0.05, 0) is 62.4 Å². The van der Waals surface area contributed by atoms with Crippen LogP contribution in [-0.4, -0.2) is 50.4 Å². The molecular formula is C22H25ClN2O5. The maximum atomic E-state index is 12.4.